The van der Waals surface area contributed by atoms with Crippen LogP contribution < -0.4 is 10.2 Å². The van der Waals surface area contributed by atoms with Crippen LogP contribution in [0.3, 0.4) is 0 Å². The van der Waals surface area contributed by atoms with Crippen LogP contribution in [-0.4, -0.2) is 60.6 Å². The summed E-state index contributed by atoms with van der Waals surface area (Å²) in [5.74, 6) is 1.18. The zero-order valence-electron chi connectivity index (χ0n) is 18.1. The minimum atomic E-state index is 0.0420. The van der Waals surface area contributed by atoms with Gasteiger partial charge in [0.1, 0.15) is 5.82 Å². The maximum Gasteiger partial charge on any atom is 0.224 e. The van der Waals surface area contributed by atoms with Crippen LogP contribution in [0, 0.1) is 5.92 Å². The van der Waals surface area contributed by atoms with Crippen molar-refractivity contribution in [2.75, 3.05) is 45.2 Å². The van der Waals surface area contributed by atoms with E-state index >= 15 is 0 Å². The highest BCUT2D eigenvalue weighted by Crippen LogP contribution is 2.29. The lowest BCUT2D eigenvalue weighted by Crippen LogP contribution is -2.44. The molecule has 1 saturated heterocycles. The Labute approximate surface area is 178 Å². The average Bonchev–Trinajstić information content (AvgIpc) is 3.10. The highest BCUT2D eigenvalue weighted by atomic mass is 16.1. The van der Waals surface area contributed by atoms with Crippen molar-refractivity contribution in [1.29, 1.82) is 0 Å². The van der Waals surface area contributed by atoms with Crippen molar-refractivity contribution in [3.63, 3.8) is 0 Å². The number of benzene rings is 2. The van der Waals surface area contributed by atoms with E-state index in [1.807, 2.05) is 32.3 Å². The molecule has 2 aromatic carbocycles. The average molecular weight is 406 g/mol. The Kier molecular flexibility index (Phi) is 6.04. The minimum Gasteiger partial charge on any atom is -0.371 e. The van der Waals surface area contributed by atoms with Crippen LogP contribution >= 0.6 is 0 Å². The second kappa shape index (κ2) is 8.88. The Balaban J connectivity index is 1.50. The summed E-state index contributed by atoms with van der Waals surface area (Å²) in [5.41, 5.74) is 4.40. The third-order valence-corrected chi connectivity index (χ3v) is 5.91. The van der Waals surface area contributed by atoms with E-state index in [2.05, 4.69) is 57.1 Å². The van der Waals surface area contributed by atoms with Crippen molar-refractivity contribution in [2.45, 2.75) is 12.8 Å². The molecule has 1 atom stereocenters. The smallest absolute Gasteiger partial charge is 0.224 e. The maximum atomic E-state index is 12.6. The van der Waals surface area contributed by atoms with Gasteiger partial charge in [-0.05, 0) is 51.2 Å². The molecule has 1 aliphatic rings. The van der Waals surface area contributed by atoms with Gasteiger partial charge in [-0.3, -0.25) is 4.79 Å². The second-order valence-electron chi connectivity index (χ2n) is 8.41. The molecule has 1 N–H and O–H groups in total. The molecule has 30 heavy (non-hydrogen) atoms. The standard InChI is InChI=1S/C24H31N5O/c1-27(2)15-13-25-24(30)19-9-7-14-29(17-19)20-10-6-8-18(16-20)23-26-21-11-4-5-12-22(21)28(23)3/h4-6,8,10-12,16,19H,7,9,13-15,17H2,1-3H3,(H,25,30)/t19-/m1/s1. The van der Waals surface area contributed by atoms with E-state index in [0.717, 1.165) is 60.6 Å². The van der Waals surface area contributed by atoms with Gasteiger partial charge in [-0.1, -0.05) is 24.3 Å². The number of piperidine rings is 1. The Morgan fingerprint density at radius 1 is 1.20 bits per heavy atom. The predicted octanol–water partition coefficient (Wildman–Crippen LogP) is 3.13. The van der Waals surface area contributed by atoms with Crippen LogP contribution in [0.1, 0.15) is 12.8 Å². The molecule has 2 heterocycles. The molecule has 0 aliphatic carbocycles. The molecule has 3 aromatic rings. The zero-order valence-corrected chi connectivity index (χ0v) is 18.1. The molecule has 4 rings (SSSR count). The van der Waals surface area contributed by atoms with Crippen LogP contribution in [0.2, 0.25) is 0 Å². The summed E-state index contributed by atoms with van der Waals surface area (Å²) in [5, 5.41) is 3.09. The van der Waals surface area contributed by atoms with Crippen LogP contribution in [0.15, 0.2) is 48.5 Å². The molecule has 158 valence electrons. The summed E-state index contributed by atoms with van der Waals surface area (Å²) < 4.78 is 2.14. The number of amides is 1. The number of para-hydroxylation sites is 2. The first-order valence-corrected chi connectivity index (χ1v) is 10.7. The molecule has 1 aliphatic heterocycles. The number of nitrogens with one attached hydrogen (secondary N) is 1. The lowest BCUT2D eigenvalue weighted by atomic mass is 9.96. The van der Waals surface area contributed by atoms with Crippen molar-refractivity contribution in [3.05, 3.63) is 48.5 Å². The Hall–Kier alpha value is -2.86. The fraction of sp³-hybridized carbons (Fsp3) is 0.417. The van der Waals surface area contributed by atoms with Crippen LogP contribution in [-0.2, 0) is 11.8 Å². The molecule has 0 bridgehead atoms. The van der Waals surface area contributed by atoms with Crippen molar-refractivity contribution < 1.29 is 4.79 Å². The summed E-state index contributed by atoms with van der Waals surface area (Å²) >= 11 is 0. The number of hydrogen-bond acceptors (Lipinski definition) is 4. The van der Waals surface area contributed by atoms with Gasteiger partial charge < -0.3 is 19.7 Å². The number of hydrogen-bond donors (Lipinski definition) is 1. The van der Waals surface area contributed by atoms with E-state index < -0.39 is 0 Å². The van der Waals surface area contributed by atoms with Gasteiger partial charge in [-0.2, -0.15) is 0 Å². The van der Waals surface area contributed by atoms with Crippen molar-refractivity contribution >= 4 is 22.6 Å². The first-order chi connectivity index (χ1) is 14.5. The topological polar surface area (TPSA) is 53.4 Å². The number of carbonyl (C=O) groups excluding carboxylic acids is 1. The summed E-state index contributed by atoms with van der Waals surface area (Å²) in [6, 6.07) is 16.7. The fourth-order valence-corrected chi connectivity index (χ4v) is 4.22. The van der Waals surface area contributed by atoms with Crippen molar-refractivity contribution in [2.24, 2.45) is 13.0 Å². The highest BCUT2D eigenvalue weighted by Gasteiger charge is 2.26. The number of anilines is 1. The Morgan fingerprint density at radius 3 is 2.83 bits per heavy atom. The van der Waals surface area contributed by atoms with E-state index in [1.165, 1.54) is 0 Å². The van der Waals surface area contributed by atoms with Crippen LogP contribution in [0.5, 0.6) is 0 Å². The molecular weight excluding hydrogens is 374 g/mol. The molecule has 0 radical (unpaired) electrons. The monoisotopic (exact) mass is 405 g/mol. The van der Waals surface area contributed by atoms with Gasteiger partial charge in [0.2, 0.25) is 5.91 Å². The van der Waals surface area contributed by atoms with Gasteiger partial charge >= 0.3 is 0 Å². The van der Waals surface area contributed by atoms with Gasteiger partial charge in [-0.15, -0.1) is 0 Å². The first-order valence-electron chi connectivity index (χ1n) is 10.7. The number of fused-ring (bicyclic) bond motifs is 1. The SMILES string of the molecule is CN(C)CCNC(=O)[C@@H]1CCCN(c2cccc(-c3nc4ccccc4n3C)c2)C1. The normalized spacial score (nSPS) is 16.9. The summed E-state index contributed by atoms with van der Waals surface area (Å²) in [6.45, 7) is 3.31. The first kappa shape index (κ1) is 20.4. The molecule has 0 saturated carbocycles. The predicted molar refractivity (Wildman–Crippen MR) is 123 cm³/mol. The number of likely N-dealkylation sites (N-methyl/N-ethyl adjacent to an activating group) is 1. The van der Waals surface area contributed by atoms with E-state index in [4.69, 9.17) is 4.98 Å². The number of nitrogens with zero attached hydrogens (tertiary/aromatic N) is 4. The number of imidazole rings is 1. The number of aryl methyl sites for hydroxylation is 1. The van der Waals surface area contributed by atoms with Gasteiger partial charge in [0.25, 0.3) is 0 Å². The third-order valence-electron chi connectivity index (χ3n) is 5.91. The van der Waals surface area contributed by atoms with E-state index in [-0.39, 0.29) is 11.8 Å². The molecule has 6 heteroatoms. The van der Waals surface area contributed by atoms with E-state index in [1.54, 1.807) is 0 Å². The number of rotatable bonds is 6. The zero-order chi connectivity index (χ0) is 21.1. The van der Waals surface area contributed by atoms with Crippen molar-refractivity contribution in [3.8, 4) is 11.4 Å². The van der Waals surface area contributed by atoms with Gasteiger partial charge in [0.15, 0.2) is 0 Å². The Morgan fingerprint density at radius 2 is 2.03 bits per heavy atom. The Bertz CT molecular complexity index is 1030. The second-order valence-corrected chi connectivity index (χ2v) is 8.41. The molecule has 1 aromatic heterocycles. The molecule has 1 fully saturated rings. The lowest BCUT2D eigenvalue weighted by Gasteiger charge is -2.34. The molecule has 6 nitrogen and oxygen atoms in total. The third kappa shape index (κ3) is 4.33. The van der Waals surface area contributed by atoms with Gasteiger partial charge in [0.05, 0.1) is 17.0 Å². The van der Waals surface area contributed by atoms with Crippen LogP contribution in [0.25, 0.3) is 22.4 Å². The molecule has 0 spiro atoms. The lowest BCUT2D eigenvalue weighted by molar-refractivity contribution is -0.125. The number of aromatic nitrogens is 2. The van der Waals surface area contributed by atoms with Gasteiger partial charge in [-0.25, -0.2) is 4.98 Å². The summed E-state index contributed by atoms with van der Waals surface area (Å²) in [6.07, 6.45) is 1.98. The highest BCUT2D eigenvalue weighted by molar-refractivity contribution is 5.81. The number of carbonyl (C=O) groups is 1. The molecule has 0 unspecified atom stereocenters. The van der Waals surface area contributed by atoms with Gasteiger partial charge in [0, 0.05) is 44.5 Å². The van der Waals surface area contributed by atoms with E-state index in [0.29, 0.717) is 6.54 Å². The molecular formula is C24H31N5O. The maximum absolute atomic E-state index is 12.6. The molecule has 1 amide bonds. The minimum absolute atomic E-state index is 0.0420. The largest absolute Gasteiger partial charge is 0.371 e. The van der Waals surface area contributed by atoms with Crippen molar-refractivity contribution in [1.82, 2.24) is 19.8 Å². The summed E-state index contributed by atoms with van der Waals surface area (Å²) in [7, 11) is 6.10. The quantitative estimate of drug-likeness (QED) is 0.685. The fourth-order valence-electron chi connectivity index (χ4n) is 4.22. The summed E-state index contributed by atoms with van der Waals surface area (Å²) in [4.78, 5) is 21.9. The van der Waals surface area contributed by atoms with E-state index in [9.17, 15) is 4.79 Å². The van der Waals surface area contributed by atoms with Crippen LogP contribution in [0.4, 0.5) is 5.69 Å².